The Hall–Kier alpha value is -1.30. The SMILES string of the molecule is CC1CCN(C(=O)N[C@H](CO)C(=O)O)C(C)C1. The molecular formula is C11H20N2O4. The Morgan fingerprint density at radius 2 is 2.12 bits per heavy atom. The number of hydrogen-bond acceptors (Lipinski definition) is 3. The summed E-state index contributed by atoms with van der Waals surface area (Å²) < 4.78 is 0. The van der Waals surface area contributed by atoms with Gasteiger partial charge in [-0.2, -0.15) is 0 Å². The molecule has 1 rings (SSSR count). The van der Waals surface area contributed by atoms with Crippen molar-refractivity contribution in [2.75, 3.05) is 13.2 Å². The van der Waals surface area contributed by atoms with E-state index in [-0.39, 0.29) is 6.04 Å². The summed E-state index contributed by atoms with van der Waals surface area (Å²) in [5, 5.41) is 19.9. The van der Waals surface area contributed by atoms with Gasteiger partial charge < -0.3 is 20.4 Å². The van der Waals surface area contributed by atoms with Gasteiger partial charge in [0.05, 0.1) is 6.61 Å². The lowest BCUT2D eigenvalue weighted by Crippen LogP contribution is -2.54. The lowest BCUT2D eigenvalue weighted by atomic mass is 9.94. The molecule has 1 heterocycles. The Labute approximate surface area is 101 Å². The average molecular weight is 244 g/mol. The minimum atomic E-state index is -1.23. The van der Waals surface area contributed by atoms with Gasteiger partial charge >= 0.3 is 12.0 Å². The smallest absolute Gasteiger partial charge is 0.328 e. The third-order valence-electron chi connectivity index (χ3n) is 3.18. The third kappa shape index (κ3) is 3.59. The molecule has 1 saturated heterocycles. The van der Waals surface area contributed by atoms with Gasteiger partial charge in [-0.15, -0.1) is 0 Å². The molecular weight excluding hydrogens is 224 g/mol. The Kier molecular flexibility index (Phi) is 4.74. The predicted octanol–water partition coefficient (Wildman–Crippen LogP) is 0.262. The van der Waals surface area contributed by atoms with Crippen molar-refractivity contribution in [3.8, 4) is 0 Å². The van der Waals surface area contributed by atoms with Gasteiger partial charge in [0.2, 0.25) is 0 Å². The molecule has 1 aliphatic rings. The highest BCUT2D eigenvalue weighted by Crippen LogP contribution is 2.21. The van der Waals surface area contributed by atoms with Crippen molar-refractivity contribution in [3.05, 3.63) is 0 Å². The van der Waals surface area contributed by atoms with Gasteiger partial charge in [-0.25, -0.2) is 9.59 Å². The number of nitrogens with zero attached hydrogens (tertiary/aromatic N) is 1. The second kappa shape index (κ2) is 5.86. The number of piperidine rings is 1. The van der Waals surface area contributed by atoms with E-state index >= 15 is 0 Å². The molecule has 0 saturated carbocycles. The first-order chi connectivity index (χ1) is 7.95. The summed E-state index contributed by atoms with van der Waals surface area (Å²) in [6, 6.07) is -1.54. The topological polar surface area (TPSA) is 89.9 Å². The highest BCUT2D eigenvalue weighted by atomic mass is 16.4. The number of carbonyl (C=O) groups is 2. The Balaban J connectivity index is 2.55. The fraction of sp³-hybridized carbons (Fsp3) is 0.818. The number of aliphatic hydroxyl groups excluding tert-OH is 1. The van der Waals surface area contributed by atoms with Gasteiger partial charge in [0.25, 0.3) is 0 Å². The first-order valence-corrected chi connectivity index (χ1v) is 5.86. The lowest BCUT2D eigenvalue weighted by Gasteiger charge is -2.36. The largest absolute Gasteiger partial charge is 0.480 e. The minimum absolute atomic E-state index is 0.104. The number of carboxylic acid groups (broad SMARTS) is 1. The molecule has 0 aliphatic carbocycles. The van der Waals surface area contributed by atoms with Gasteiger partial charge in [0.15, 0.2) is 6.04 Å². The number of amides is 2. The summed E-state index contributed by atoms with van der Waals surface area (Å²) >= 11 is 0. The molecule has 0 aromatic heterocycles. The van der Waals surface area contributed by atoms with Gasteiger partial charge in [0.1, 0.15) is 0 Å². The fourth-order valence-corrected chi connectivity index (χ4v) is 2.13. The molecule has 0 spiro atoms. The van der Waals surface area contributed by atoms with Crippen molar-refractivity contribution >= 4 is 12.0 Å². The molecule has 0 bridgehead atoms. The van der Waals surface area contributed by atoms with Crippen molar-refractivity contribution in [1.29, 1.82) is 0 Å². The van der Waals surface area contributed by atoms with E-state index in [0.29, 0.717) is 12.5 Å². The van der Waals surface area contributed by atoms with Crippen LogP contribution in [-0.4, -0.2) is 52.3 Å². The highest BCUT2D eigenvalue weighted by molar-refractivity contribution is 5.82. The normalized spacial score (nSPS) is 26.4. The summed E-state index contributed by atoms with van der Waals surface area (Å²) in [5.74, 6) is -0.638. The predicted molar refractivity (Wildman–Crippen MR) is 61.6 cm³/mol. The molecule has 17 heavy (non-hydrogen) atoms. The molecule has 3 atom stereocenters. The number of rotatable bonds is 3. The van der Waals surface area contributed by atoms with E-state index in [9.17, 15) is 9.59 Å². The molecule has 6 nitrogen and oxygen atoms in total. The van der Waals surface area contributed by atoms with Crippen LogP contribution < -0.4 is 5.32 Å². The van der Waals surface area contributed by atoms with Crippen molar-refractivity contribution in [2.24, 2.45) is 5.92 Å². The van der Waals surface area contributed by atoms with Gasteiger partial charge in [-0.1, -0.05) is 6.92 Å². The van der Waals surface area contributed by atoms with Crippen LogP contribution in [0.3, 0.4) is 0 Å². The summed E-state index contributed by atoms with van der Waals surface area (Å²) in [7, 11) is 0. The fourth-order valence-electron chi connectivity index (χ4n) is 2.13. The summed E-state index contributed by atoms with van der Waals surface area (Å²) in [6.07, 6.45) is 1.85. The van der Waals surface area contributed by atoms with E-state index in [0.717, 1.165) is 12.8 Å². The lowest BCUT2D eigenvalue weighted by molar-refractivity contribution is -0.140. The number of aliphatic carboxylic acids is 1. The average Bonchev–Trinajstić information content (AvgIpc) is 2.24. The second-order valence-electron chi connectivity index (χ2n) is 4.69. The quantitative estimate of drug-likeness (QED) is 0.664. The van der Waals surface area contributed by atoms with Gasteiger partial charge in [-0.05, 0) is 25.7 Å². The number of carboxylic acids is 1. The van der Waals surface area contributed by atoms with Crippen LogP contribution >= 0.6 is 0 Å². The van der Waals surface area contributed by atoms with Crippen LogP contribution in [0.1, 0.15) is 26.7 Å². The van der Waals surface area contributed by atoms with Gasteiger partial charge in [0, 0.05) is 12.6 Å². The van der Waals surface area contributed by atoms with Crippen LogP contribution in [0.25, 0.3) is 0 Å². The summed E-state index contributed by atoms with van der Waals surface area (Å²) in [5.41, 5.74) is 0. The number of aliphatic hydroxyl groups is 1. The highest BCUT2D eigenvalue weighted by Gasteiger charge is 2.29. The van der Waals surface area contributed by atoms with Crippen molar-refractivity contribution in [2.45, 2.75) is 38.8 Å². The zero-order valence-electron chi connectivity index (χ0n) is 10.2. The molecule has 3 N–H and O–H groups in total. The molecule has 0 aromatic carbocycles. The van der Waals surface area contributed by atoms with Crippen LogP contribution in [0.5, 0.6) is 0 Å². The molecule has 2 unspecified atom stereocenters. The maximum Gasteiger partial charge on any atom is 0.328 e. The Morgan fingerprint density at radius 1 is 1.47 bits per heavy atom. The Bertz CT molecular complexity index is 295. The van der Waals surface area contributed by atoms with E-state index in [2.05, 4.69) is 12.2 Å². The van der Waals surface area contributed by atoms with Crippen molar-refractivity contribution < 1.29 is 19.8 Å². The molecule has 0 radical (unpaired) electrons. The van der Waals surface area contributed by atoms with Crippen LogP contribution in [0.15, 0.2) is 0 Å². The van der Waals surface area contributed by atoms with Gasteiger partial charge in [-0.3, -0.25) is 0 Å². The summed E-state index contributed by atoms with van der Waals surface area (Å²) in [4.78, 5) is 24.1. The van der Waals surface area contributed by atoms with E-state index in [1.807, 2.05) is 6.92 Å². The zero-order chi connectivity index (χ0) is 13.0. The molecule has 98 valence electrons. The Morgan fingerprint density at radius 3 is 2.59 bits per heavy atom. The maximum atomic E-state index is 11.8. The first kappa shape index (κ1) is 13.8. The van der Waals surface area contributed by atoms with Crippen LogP contribution in [0.2, 0.25) is 0 Å². The van der Waals surface area contributed by atoms with E-state index in [1.165, 1.54) is 0 Å². The number of hydrogen-bond donors (Lipinski definition) is 3. The number of urea groups is 1. The van der Waals surface area contributed by atoms with Crippen molar-refractivity contribution in [3.63, 3.8) is 0 Å². The monoisotopic (exact) mass is 244 g/mol. The van der Waals surface area contributed by atoms with E-state index < -0.39 is 24.6 Å². The molecule has 6 heteroatoms. The van der Waals surface area contributed by atoms with Crippen LogP contribution in [0, 0.1) is 5.92 Å². The number of carbonyl (C=O) groups excluding carboxylic acids is 1. The first-order valence-electron chi connectivity index (χ1n) is 5.86. The molecule has 2 amide bonds. The maximum absolute atomic E-state index is 11.8. The molecule has 1 aliphatic heterocycles. The molecule has 1 fully saturated rings. The number of nitrogens with one attached hydrogen (secondary N) is 1. The van der Waals surface area contributed by atoms with Crippen LogP contribution in [-0.2, 0) is 4.79 Å². The third-order valence-corrected chi connectivity index (χ3v) is 3.18. The number of likely N-dealkylation sites (tertiary alicyclic amines) is 1. The standard InChI is InChI=1S/C11H20N2O4/c1-7-3-4-13(8(2)5-7)11(17)12-9(6-14)10(15)16/h7-9,14H,3-6H2,1-2H3,(H,12,17)(H,15,16)/t7?,8?,9-/m1/s1. The van der Waals surface area contributed by atoms with E-state index in [1.54, 1.807) is 4.90 Å². The minimum Gasteiger partial charge on any atom is -0.480 e. The summed E-state index contributed by atoms with van der Waals surface area (Å²) in [6.45, 7) is 4.12. The van der Waals surface area contributed by atoms with Crippen molar-refractivity contribution in [1.82, 2.24) is 10.2 Å². The molecule has 0 aromatic rings. The van der Waals surface area contributed by atoms with E-state index in [4.69, 9.17) is 10.2 Å². The zero-order valence-corrected chi connectivity index (χ0v) is 10.2. The second-order valence-corrected chi connectivity index (χ2v) is 4.69. The van der Waals surface area contributed by atoms with Crippen LogP contribution in [0.4, 0.5) is 4.79 Å².